The Balaban J connectivity index is 1.48. The number of hydrogen-bond donors (Lipinski definition) is 0. The maximum Gasteiger partial charge on any atom is 0.270 e. The van der Waals surface area contributed by atoms with Crippen LogP contribution < -0.4 is 14.4 Å². The van der Waals surface area contributed by atoms with Crippen LogP contribution in [-0.2, 0) is 11.4 Å². The largest absolute Gasteiger partial charge is 0.494 e. The molecule has 0 saturated carbocycles. The SMILES string of the molecule is CCOc1ccc(N2C(=O)/C(=C\c3cccc(OCc4ccccc4)c3)SC2=S)cc1. The number of hydrogen-bond acceptors (Lipinski definition) is 5. The van der Waals surface area contributed by atoms with Crippen molar-refractivity contribution >= 4 is 46.0 Å². The number of amides is 1. The molecule has 31 heavy (non-hydrogen) atoms. The molecule has 1 saturated heterocycles. The molecule has 0 N–H and O–H groups in total. The molecule has 0 aliphatic carbocycles. The smallest absolute Gasteiger partial charge is 0.270 e. The maximum atomic E-state index is 13.0. The van der Waals surface area contributed by atoms with Crippen LogP contribution >= 0.6 is 24.0 Å². The predicted molar refractivity (Wildman–Crippen MR) is 130 cm³/mol. The van der Waals surface area contributed by atoms with Crippen molar-refractivity contribution in [2.45, 2.75) is 13.5 Å². The summed E-state index contributed by atoms with van der Waals surface area (Å²) in [4.78, 5) is 15.1. The second-order valence-electron chi connectivity index (χ2n) is 6.79. The van der Waals surface area contributed by atoms with Crippen molar-refractivity contribution in [3.05, 3.63) is 94.9 Å². The topological polar surface area (TPSA) is 38.8 Å². The van der Waals surface area contributed by atoms with E-state index in [0.717, 1.165) is 28.3 Å². The van der Waals surface area contributed by atoms with Crippen LogP contribution in [0.4, 0.5) is 5.69 Å². The van der Waals surface area contributed by atoms with E-state index in [0.29, 0.717) is 22.4 Å². The highest BCUT2D eigenvalue weighted by molar-refractivity contribution is 8.27. The van der Waals surface area contributed by atoms with E-state index in [-0.39, 0.29) is 5.91 Å². The van der Waals surface area contributed by atoms with Gasteiger partial charge in [0.05, 0.1) is 17.2 Å². The van der Waals surface area contributed by atoms with Crippen LogP contribution in [-0.4, -0.2) is 16.8 Å². The Kier molecular flexibility index (Phi) is 6.70. The number of benzene rings is 3. The van der Waals surface area contributed by atoms with Gasteiger partial charge in [0.15, 0.2) is 4.32 Å². The first kappa shape index (κ1) is 21.2. The summed E-state index contributed by atoms with van der Waals surface area (Å²) in [6.45, 7) is 3.02. The zero-order chi connectivity index (χ0) is 21.6. The molecule has 0 aromatic heterocycles. The lowest BCUT2D eigenvalue weighted by atomic mass is 10.2. The van der Waals surface area contributed by atoms with E-state index in [2.05, 4.69) is 0 Å². The van der Waals surface area contributed by atoms with Crippen LogP contribution in [0.15, 0.2) is 83.8 Å². The molecule has 1 aliphatic rings. The van der Waals surface area contributed by atoms with Crippen molar-refractivity contribution in [3.8, 4) is 11.5 Å². The number of carbonyl (C=O) groups is 1. The number of thioether (sulfide) groups is 1. The summed E-state index contributed by atoms with van der Waals surface area (Å²) in [6.07, 6.45) is 1.85. The van der Waals surface area contributed by atoms with E-state index in [1.54, 1.807) is 4.90 Å². The molecular formula is C25H21NO3S2. The highest BCUT2D eigenvalue weighted by Gasteiger charge is 2.33. The van der Waals surface area contributed by atoms with Crippen LogP contribution in [0.1, 0.15) is 18.1 Å². The first-order chi connectivity index (χ1) is 15.1. The highest BCUT2D eigenvalue weighted by Crippen LogP contribution is 2.36. The Morgan fingerprint density at radius 3 is 2.45 bits per heavy atom. The van der Waals surface area contributed by atoms with Crippen LogP contribution in [0.3, 0.4) is 0 Å². The Labute approximate surface area is 191 Å². The molecule has 0 atom stereocenters. The third-order valence-electron chi connectivity index (χ3n) is 4.60. The fourth-order valence-electron chi connectivity index (χ4n) is 3.13. The van der Waals surface area contributed by atoms with Gasteiger partial charge in [0, 0.05) is 0 Å². The van der Waals surface area contributed by atoms with Gasteiger partial charge < -0.3 is 9.47 Å². The van der Waals surface area contributed by atoms with Gasteiger partial charge in [0.25, 0.3) is 5.91 Å². The lowest BCUT2D eigenvalue weighted by Crippen LogP contribution is -2.27. The zero-order valence-corrected chi connectivity index (χ0v) is 18.6. The molecule has 156 valence electrons. The van der Waals surface area contributed by atoms with Gasteiger partial charge in [0.2, 0.25) is 0 Å². The number of carbonyl (C=O) groups excluding carboxylic acids is 1. The molecule has 3 aromatic carbocycles. The normalized spacial score (nSPS) is 14.9. The lowest BCUT2D eigenvalue weighted by Gasteiger charge is -2.15. The molecule has 0 unspecified atom stereocenters. The molecule has 4 nitrogen and oxygen atoms in total. The zero-order valence-electron chi connectivity index (χ0n) is 17.0. The summed E-state index contributed by atoms with van der Waals surface area (Å²) in [5.41, 5.74) is 2.72. The fraction of sp³-hybridized carbons (Fsp3) is 0.120. The van der Waals surface area contributed by atoms with Crippen molar-refractivity contribution < 1.29 is 14.3 Å². The standard InChI is InChI=1S/C25H21NO3S2/c1-2-28-21-13-11-20(12-14-21)26-24(27)23(31-25(26)30)16-19-9-6-10-22(15-19)29-17-18-7-4-3-5-8-18/h3-16H,2,17H2,1H3/b23-16+. The number of rotatable bonds is 7. The van der Waals surface area contributed by atoms with Gasteiger partial charge in [-0.05, 0) is 60.5 Å². The molecule has 1 aliphatic heterocycles. The molecule has 1 heterocycles. The van der Waals surface area contributed by atoms with E-state index >= 15 is 0 Å². The minimum Gasteiger partial charge on any atom is -0.494 e. The molecule has 4 rings (SSSR count). The van der Waals surface area contributed by atoms with Gasteiger partial charge in [-0.15, -0.1) is 0 Å². The summed E-state index contributed by atoms with van der Waals surface area (Å²) < 4.78 is 11.9. The Morgan fingerprint density at radius 2 is 1.71 bits per heavy atom. The summed E-state index contributed by atoms with van der Waals surface area (Å²) in [7, 11) is 0. The minimum absolute atomic E-state index is 0.130. The average Bonchev–Trinajstić information content (AvgIpc) is 3.07. The maximum absolute atomic E-state index is 13.0. The molecular weight excluding hydrogens is 426 g/mol. The minimum atomic E-state index is -0.130. The van der Waals surface area contributed by atoms with Gasteiger partial charge in [-0.3, -0.25) is 9.69 Å². The molecule has 1 fully saturated rings. The summed E-state index contributed by atoms with van der Waals surface area (Å²) >= 11 is 6.77. The van der Waals surface area contributed by atoms with Crippen molar-refractivity contribution in [2.24, 2.45) is 0 Å². The summed E-state index contributed by atoms with van der Waals surface area (Å²) in [6, 6.07) is 25.1. The van der Waals surface area contributed by atoms with Crippen molar-refractivity contribution in [3.63, 3.8) is 0 Å². The second-order valence-corrected chi connectivity index (χ2v) is 8.47. The highest BCUT2D eigenvalue weighted by atomic mass is 32.2. The van der Waals surface area contributed by atoms with Crippen LogP contribution in [0.25, 0.3) is 6.08 Å². The van der Waals surface area contributed by atoms with E-state index in [4.69, 9.17) is 21.7 Å². The number of thiocarbonyl (C=S) groups is 1. The number of nitrogens with zero attached hydrogens (tertiary/aromatic N) is 1. The molecule has 0 bridgehead atoms. The fourth-order valence-corrected chi connectivity index (χ4v) is 4.43. The lowest BCUT2D eigenvalue weighted by molar-refractivity contribution is -0.113. The van der Waals surface area contributed by atoms with Crippen LogP contribution in [0.5, 0.6) is 11.5 Å². The van der Waals surface area contributed by atoms with Crippen molar-refractivity contribution in [1.29, 1.82) is 0 Å². The van der Waals surface area contributed by atoms with Gasteiger partial charge in [-0.2, -0.15) is 0 Å². The Hall–Kier alpha value is -3.09. The number of ether oxygens (including phenoxy) is 2. The third-order valence-corrected chi connectivity index (χ3v) is 5.91. The van der Waals surface area contributed by atoms with E-state index in [1.807, 2.05) is 91.9 Å². The van der Waals surface area contributed by atoms with E-state index in [1.165, 1.54) is 11.8 Å². The summed E-state index contributed by atoms with van der Waals surface area (Å²) in [5.74, 6) is 1.38. The van der Waals surface area contributed by atoms with Crippen LogP contribution in [0, 0.1) is 0 Å². The Bertz CT molecular complexity index is 1110. The van der Waals surface area contributed by atoms with Crippen LogP contribution in [0.2, 0.25) is 0 Å². The quantitative estimate of drug-likeness (QED) is 0.325. The van der Waals surface area contributed by atoms with E-state index < -0.39 is 0 Å². The predicted octanol–water partition coefficient (Wildman–Crippen LogP) is 6.07. The molecule has 6 heteroatoms. The molecule has 1 amide bonds. The van der Waals surface area contributed by atoms with Gasteiger partial charge in [-0.1, -0.05) is 66.4 Å². The van der Waals surface area contributed by atoms with E-state index in [9.17, 15) is 4.79 Å². The molecule has 0 radical (unpaired) electrons. The number of anilines is 1. The van der Waals surface area contributed by atoms with Crippen molar-refractivity contribution in [2.75, 3.05) is 11.5 Å². The van der Waals surface area contributed by atoms with Gasteiger partial charge in [-0.25, -0.2) is 0 Å². The Morgan fingerprint density at radius 1 is 0.935 bits per heavy atom. The molecule has 0 spiro atoms. The molecule has 3 aromatic rings. The second kappa shape index (κ2) is 9.81. The average molecular weight is 448 g/mol. The third kappa shape index (κ3) is 5.16. The van der Waals surface area contributed by atoms with Gasteiger partial charge >= 0.3 is 0 Å². The van der Waals surface area contributed by atoms with Gasteiger partial charge in [0.1, 0.15) is 18.1 Å². The first-order valence-corrected chi connectivity index (χ1v) is 11.1. The monoisotopic (exact) mass is 447 g/mol. The first-order valence-electron chi connectivity index (χ1n) is 9.91. The summed E-state index contributed by atoms with van der Waals surface area (Å²) in [5, 5.41) is 0. The van der Waals surface area contributed by atoms with Crippen molar-refractivity contribution in [1.82, 2.24) is 0 Å².